The number of rotatable bonds is 1. The second-order valence-corrected chi connectivity index (χ2v) is 5.06. The van der Waals surface area contributed by atoms with Gasteiger partial charge >= 0.3 is 0 Å². The van der Waals surface area contributed by atoms with Crippen molar-refractivity contribution < 1.29 is 8.42 Å². The molecule has 1 aliphatic rings. The third-order valence-corrected chi connectivity index (χ3v) is 3.64. The van der Waals surface area contributed by atoms with Crippen LogP contribution in [0.3, 0.4) is 0 Å². The normalized spacial score (nSPS) is 16.2. The van der Waals surface area contributed by atoms with E-state index >= 15 is 0 Å². The fourth-order valence-corrected chi connectivity index (χ4v) is 2.51. The Balaban J connectivity index is 2.22. The summed E-state index contributed by atoms with van der Waals surface area (Å²) in [6, 6.07) is 9.27. The number of para-hydroxylation sites is 1. The Labute approximate surface area is 97.7 Å². The summed E-state index contributed by atoms with van der Waals surface area (Å²) in [4.78, 5) is 0.0869. The van der Waals surface area contributed by atoms with E-state index in [9.17, 15) is 8.42 Å². The van der Waals surface area contributed by atoms with Gasteiger partial charge in [-0.25, -0.2) is 4.68 Å². The van der Waals surface area contributed by atoms with Crippen LogP contribution in [0.25, 0.3) is 5.69 Å². The van der Waals surface area contributed by atoms with E-state index in [2.05, 4.69) is 14.8 Å². The highest BCUT2D eigenvalue weighted by molar-refractivity contribution is 7.90. The van der Waals surface area contributed by atoms with Crippen LogP contribution in [0.2, 0.25) is 0 Å². The zero-order valence-corrected chi connectivity index (χ0v) is 9.42. The minimum atomic E-state index is -3.61. The smallest absolute Gasteiger partial charge is 0.288 e. The molecule has 3 rings (SSSR count). The molecular formula is C10H8N4O2S. The van der Waals surface area contributed by atoms with Crippen LogP contribution >= 0.6 is 0 Å². The van der Waals surface area contributed by atoms with Gasteiger partial charge in [-0.2, -0.15) is 13.5 Å². The SMILES string of the molecule is O=S1(=O)N=CNc2c1cnn2-c1ccccc1. The first-order chi connectivity index (χ1) is 8.18. The summed E-state index contributed by atoms with van der Waals surface area (Å²) < 4.78 is 28.2. The van der Waals surface area contributed by atoms with Crippen LogP contribution in [0.4, 0.5) is 5.82 Å². The minimum absolute atomic E-state index is 0.0869. The van der Waals surface area contributed by atoms with Crippen LogP contribution in [0.1, 0.15) is 0 Å². The molecule has 0 unspecified atom stereocenters. The zero-order chi connectivity index (χ0) is 11.9. The molecule has 1 aromatic carbocycles. The van der Waals surface area contributed by atoms with E-state index < -0.39 is 10.0 Å². The quantitative estimate of drug-likeness (QED) is 0.817. The molecule has 1 aromatic heterocycles. The van der Waals surface area contributed by atoms with Crippen molar-refractivity contribution in [2.24, 2.45) is 4.40 Å². The standard InChI is InChI=1S/C10H8N4O2S/c15-17(16)9-6-12-14(10(9)11-7-13-17)8-4-2-1-3-5-8/h1-7H,(H,11,13). The first-order valence-corrected chi connectivity index (χ1v) is 6.31. The fourth-order valence-electron chi connectivity index (χ4n) is 1.63. The summed E-state index contributed by atoms with van der Waals surface area (Å²) in [7, 11) is -3.61. The first-order valence-electron chi connectivity index (χ1n) is 4.87. The van der Waals surface area contributed by atoms with E-state index in [4.69, 9.17) is 0 Å². The average Bonchev–Trinajstić information content (AvgIpc) is 2.75. The van der Waals surface area contributed by atoms with Crippen LogP contribution in [-0.2, 0) is 10.0 Å². The van der Waals surface area contributed by atoms with Crippen LogP contribution in [0.15, 0.2) is 45.8 Å². The molecule has 86 valence electrons. The number of fused-ring (bicyclic) bond motifs is 1. The van der Waals surface area contributed by atoms with Gasteiger partial charge in [0.15, 0.2) is 10.7 Å². The largest absolute Gasteiger partial charge is 0.329 e. The summed E-state index contributed by atoms with van der Waals surface area (Å²) >= 11 is 0. The molecule has 0 aliphatic carbocycles. The summed E-state index contributed by atoms with van der Waals surface area (Å²) in [5.74, 6) is 0.409. The van der Waals surface area contributed by atoms with Gasteiger partial charge in [0.05, 0.1) is 11.9 Å². The lowest BCUT2D eigenvalue weighted by molar-refractivity contribution is 0.598. The highest BCUT2D eigenvalue weighted by atomic mass is 32.2. The first kappa shape index (κ1) is 10.0. The number of hydrogen-bond donors (Lipinski definition) is 1. The summed E-state index contributed by atoms with van der Waals surface area (Å²) in [6.45, 7) is 0. The monoisotopic (exact) mass is 248 g/mol. The van der Waals surface area contributed by atoms with Crippen molar-refractivity contribution in [3.05, 3.63) is 36.5 Å². The lowest BCUT2D eigenvalue weighted by Crippen LogP contribution is -2.13. The van der Waals surface area contributed by atoms with Gasteiger partial charge in [-0.3, -0.25) is 0 Å². The van der Waals surface area contributed by atoms with Crippen molar-refractivity contribution >= 4 is 22.2 Å². The number of hydrogen-bond acceptors (Lipinski definition) is 4. The van der Waals surface area contributed by atoms with E-state index in [0.29, 0.717) is 5.82 Å². The summed E-state index contributed by atoms with van der Waals surface area (Å²) in [5.41, 5.74) is 0.784. The molecule has 1 aliphatic heterocycles. The molecule has 2 heterocycles. The van der Waals surface area contributed by atoms with Gasteiger partial charge < -0.3 is 5.32 Å². The third-order valence-electron chi connectivity index (χ3n) is 2.41. The van der Waals surface area contributed by atoms with Gasteiger partial charge in [-0.1, -0.05) is 18.2 Å². The Morgan fingerprint density at radius 2 is 1.94 bits per heavy atom. The predicted molar refractivity (Wildman–Crippen MR) is 62.9 cm³/mol. The maximum absolute atomic E-state index is 11.6. The number of benzene rings is 1. The lowest BCUT2D eigenvalue weighted by atomic mass is 10.3. The Morgan fingerprint density at radius 1 is 1.18 bits per heavy atom. The molecule has 0 amide bonds. The van der Waals surface area contributed by atoms with E-state index in [1.54, 1.807) is 0 Å². The van der Waals surface area contributed by atoms with Gasteiger partial charge in [0, 0.05) is 0 Å². The molecule has 7 heteroatoms. The van der Waals surface area contributed by atoms with Crippen molar-refractivity contribution in [2.75, 3.05) is 5.32 Å². The Kier molecular flexibility index (Phi) is 2.02. The summed E-state index contributed by atoms with van der Waals surface area (Å²) in [5, 5.41) is 6.85. The summed E-state index contributed by atoms with van der Waals surface area (Å²) in [6.07, 6.45) is 2.44. The number of sulfonamides is 1. The van der Waals surface area contributed by atoms with Crippen LogP contribution in [0, 0.1) is 0 Å². The number of aromatic nitrogens is 2. The predicted octanol–water partition coefficient (Wildman–Crippen LogP) is 1.01. The van der Waals surface area contributed by atoms with Gasteiger partial charge in [0.1, 0.15) is 6.34 Å². The Hall–Kier alpha value is -2.15. The lowest BCUT2D eigenvalue weighted by Gasteiger charge is -2.10. The van der Waals surface area contributed by atoms with Gasteiger partial charge in [0.25, 0.3) is 10.0 Å². The molecule has 0 saturated heterocycles. The van der Waals surface area contributed by atoms with Gasteiger partial charge in [-0.15, -0.1) is 4.40 Å². The number of nitrogens with zero attached hydrogens (tertiary/aromatic N) is 3. The second kappa shape index (κ2) is 3.42. The number of anilines is 1. The highest BCUT2D eigenvalue weighted by Gasteiger charge is 2.25. The molecule has 1 N–H and O–H groups in total. The van der Waals surface area contributed by atoms with E-state index in [1.807, 2.05) is 30.3 Å². The van der Waals surface area contributed by atoms with Crippen LogP contribution < -0.4 is 5.32 Å². The Bertz CT molecular complexity index is 688. The molecule has 0 fully saturated rings. The Morgan fingerprint density at radius 3 is 2.71 bits per heavy atom. The van der Waals surface area contributed by atoms with E-state index in [-0.39, 0.29) is 4.90 Å². The molecule has 0 radical (unpaired) electrons. The number of nitrogens with one attached hydrogen (secondary N) is 1. The van der Waals surface area contributed by atoms with Gasteiger partial charge in [0.2, 0.25) is 0 Å². The molecule has 0 bridgehead atoms. The molecular weight excluding hydrogens is 240 g/mol. The molecule has 0 atom stereocenters. The molecule has 0 spiro atoms. The van der Waals surface area contributed by atoms with Gasteiger partial charge in [-0.05, 0) is 12.1 Å². The van der Waals surface area contributed by atoms with E-state index in [0.717, 1.165) is 12.0 Å². The minimum Gasteiger partial charge on any atom is -0.329 e. The maximum Gasteiger partial charge on any atom is 0.288 e. The fraction of sp³-hybridized carbons (Fsp3) is 0. The van der Waals surface area contributed by atoms with Crippen molar-refractivity contribution in [1.82, 2.24) is 9.78 Å². The topological polar surface area (TPSA) is 76.3 Å². The second-order valence-electron chi connectivity index (χ2n) is 3.46. The maximum atomic E-state index is 11.6. The van der Waals surface area contributed by atoms with Crippen LogP contribution in [0.5, 0.6) is 0 Å². The molecule has 0 saturated carbocycles. The van der Waals surface area contributed by atoms with Crippen molar-refractivity contribution in [1.29, 1.82) is 0 Å². The van der Waals surface area contributed by atoms with E-state index in [1.165, 1.54) is 10.9 Å². The van der Waals surface area contributed by atoms with Crippen molar-refractivity contribution in [3.63, 3.8) is 0 Å². The van der Waals surface area contributed by atoms with Crippen molar-refractivity contribution in [3.8, 4) is 5.69 Å². The molecule has 6 nitrogen and oxygen atoms in total. The van der Waals surface area contributed by atoms with Crippen molar-refractivity contribution in [2.45, 2.75) is 4.90 Å². The zero-order valence-electron chi connectivity index (χ0n) is 8.61. The van der Waals surface area contributed by atoms with Crippen LogP contribution in [-0.4, -0.2) is 24.5 Å². The third kappa shape index (κ3) is 1.51. The molecule has 2 aromatic rings. The average molecular weight is 248 g/mol. The highest BCUT2D eigenvalue weighted by Crippen LogP contribution is 2.27. The molecule has 17 heavy (non-hydrogen) atoms.